The Morgan fingerprint density at radius 2 is 1.94 bits per heavy atom. The van der Waals surface area contributed by atoms with Gasteiger partial charge in [0.1, 0.15) is 6.54 Å². The zero-order valence-electron chi connectivity index (χ0n) is 11.2. The van der Waals surface area contributed by atoms with Gasteiger partial charge in [-0.1, -0.05) is 0 Å². The Morgan fingerprint density at radius 3 is 2.61 bits per heavy atom. The maximum absolute atomic E-state index is 9.15. The molecule has 4 nitrogen and oxygen atoms in total. The minimum absolute atomic E-state index is 0.276. The number of aliphatic hydroxyl groups is 1. The highest BCUT2D eigenvalue weighted by molar-refractivity contribution is 5.53. The molecule has 1 aliphatic rings. The second-order valence-electron chi connectivity index (χ2n) is 5.45. The van der Waals surface area contributed by atoms with Gasteiger partial charge in [-0.3, -0.25) is 0 Å². The fraction of sp³-hybridized carbons (Fsp3) is 0.571. The summed E-state index contributed by atoms with van der Waals surface area (Å²) in [7, 11) is 2.24. The molecule has 1 saturated heterocycles. The van der Waals surface area contributed by atoms with Crippen LogP contribution in [0, 0.1) is 0 Å². The van der Waals surface area contributed by atoms with E-state index in [9.17, 15) is 0 Å². The molecule has 0 aromatic heterocycles. The van der Waals surface area contributed by atoms with Crippen molar-refractivity contribution in [1.82, 2.24) is 0 Å². The first kappa shape index (κ1) is 13.2. The van der Waals surface area contributed by atoms with E-state index in [0.29, 0.717) is 0 Å². The Hall–Kier alpha value is -1.26. The maximum Gasteiger partial charge on any atom is 0.102 e. The SMILES string of the molecule is C[N+]1(CCO)CCCN(c2ccc(N)cc2)CC1. The molecule has 1 unspecified atom stereocenters. The third-order valence-corrected chi connectivity index (χ3v) is 3.93. The highest BCUT2D eigenvalue weighted by Gasteiger charge is 2.25. The average molecular weight is 250 g/mol. The van der Waals surface area contributed by atoms with Crippen molar-refractivity contribution >= 4 is 11.4 Å². The standard InChI is InChI=1S/C14H24N3O/c1-17(11-12-18)9-2-7-16(8-10-17)14-5-3-13(15)4-6-14/h3-6,18H,2,7-12,15H2,1H3/q+1. The van der Waals surface area contributed by atoms with Crippen LogP contribution in [0.3, 0.4) is 0 Å². The number of benzene rings is 1. The van der Waals surface area contributed by atoms with Crippen LogP contribution in [0.25, 0.3) is 0 Å². The number of rotatable bonds is 3. The molecular weight excluding hydrogens is 226 g/mol. The van der Waals surface area contributed by atoms with Crippen LogP contribution in [0.1, 0.15) is 6.42 Å². The Labute approximate surface area is 109 Å². The molecule has 0 saturated carbocycles. The number of nitrogens with zero attached hydrogens (tertiary/aromatic N) is 2. The molecule has 18 heavy (non-hydrogen) atoms. The summed E-state index contributed by atoms with van der Waals surface area (Å²) in [5.41, 5.74) is 7.79. The van der Waals surface area contributed by atoms with E-state index >= 15 is 0 Å². The van der Waals surface area contributed by atoms with Gasteiger partial charge < -0.3 is 20.2 Å². The van der Waals surface area contributed by atoms with E-state index in [2.05, 4.69) is 24.1 Å². The summed E-state index contributed by atoms with van der Waals surface area (Å²) in [6.07, 6.45) is 1.17. The summed E-state index contributed by atoms with van der Waals surface area (Å²) < 4.78 is 0.974. The van der Waals surface area contributed by atoms with Gasteiger partial charge in [0, 0.05) is 24.3 Å². The van der Waals surface area contributed by atoms with Crippen LogP contribution in [0.2, 0.25) is 0 Å². The largest absolute Gasteiger partial charge is 0.399 e. The van der Waals surface area contributed by atoms with Gasteiger partial charge in [0.2, 0.25) is 0 Å². The predicted octanol–water partition coefficient (Wildman–Crippen LogP) is 0.918. The molecule has 1 heterocycles. The molecule has 3 N–H and O–H groups in total. The molecule has 1 aromatic carbocycles. The quantitative estimate of drug-likeness (QED) is 0.619. The number of likely N-dealkylation sites (N-methyl/N-ethyl adjacent to an activating group) is 1. The van der Waals surface area contributed by atoms with Crippen LogP contribution < -0.4 is 10.6 Å². The van der Waals surface area contributed by atoms with Crippen molar-refractivity contribution in [3.8, 4) is 0 Å². The number of nitrogens with two attached hydrogens (primary N) is 1. The number of hydrogen-bond acceptors (Lipinski definition) is 3. The summed E-state index contributed by atoms with van der Waals surface area (Å²) in [5, 5.41) is 9.15. The van der Waals surface area contributed by atoms with Crippen molar-refractivity contribution < 1.29 is 9.59 Å². The molecule has 2 rings (SSSR count). The van der Waals surface area contributed by atoms with Crippen molar-refractivity contribution in [2.24, 2.45) is 0 Å². The molecule has 0 radical (unpaired) electrons. The van der Waals surface area contributed by atoms with Crippen LogP contribution in [0.4, 0.5) is 11.4 Å². The molecule has 0 aliphatic carbocycles. The number of quaternary nitrogens is 1. The van der Waals surface area contributed by atoms with Crippen molar-refractivity contribution in [2.45, 2.75) is 6.42 Å². The molecule has 100 valence electrons. The predicted molar refractivity (Wildman–Crippen MR) is 75.6 cm³/mol. The zero-order chi connectivity index (χ0) is 13.0. The third-order valence-electron chi connectivity index (χ3n) is 3.93. The third kappa shape index (κ3) is 3.15. The molecule has 1 atom stereocenters. The summed E-state index contributed by atoms with van der Waals surface area (Å²) in [6.45, 7) is 5.49. The number of anilines is 2. The van der Waals surface area contributed by atoms with Gasteiger partial charge >= 0.3 is 0 Å². The van der Waals surface area contributed by atoms with Gasteiger partial charge in [-0.15, -0.1) is 0 Å². The number of hydrogen-bond donors (Lipinski definition) is 2. The van der Waals surface area contributed by atoms with Gasteiger partial charge in [0.15, 0.2) is 0 Å². The van der Waals surface area contributed by atoms with Crippen LogP contribution in [0.15, 0.2) is 24.3 Å². The Bertz CT molecular complexity index is 379. The van der Waals surface area contributed by atoms with Crippen LogP contribution in [-0.4, -0.2) is 56.0 Å². The highest BCUT2D eigenvalue weighted by atomic mass is 16.3. The topological polar surface area (TPSA) is 49.5 Å². The minimum atomic E-state index is 0.276. The average Bonchev–Trinajstić information content (AvgIpc) is 2.53. The Balaban J connectivity index is 2.02. The zero-order valence-corrected chi connectivity index (χ0v) is 11.2. The lowest BCUT2D eigenvalue weighted by Gasteiger charge is -2.32. The van der Waals surface area contributed by atoms with Gasteiger partial charge in [0.25, 0.3) is 0 Å². The smallest absolute Gasteiger partial charge is 0.102 e. The summed E-state index contributed by atoms with van der Waals surface area (Å²) in [5.74, 6) is 0. The van der Waals surface area contributed by atoms with Crippen molar-refractivity contribution in [3.05, 3.63) is 24.3 Å². The molecule has 0 bridgehead atoms. The first-order valence-corrected chi connectivity index (χ1v) is 6.68. The van der Waals surface area contributed by atoms with E-state index in [1.807, 2.05) is 12.1 Å². The maximum atomic E-state index is 9.15. The Morgan fingerprint density at radius 1 is 1.22 bits per heavy atom. The molecular formula is C14H24N3O+. The second-order valence-corrected chi connectivity index (χ2v) is 5.45. The van der Waals surface area contributed by atoms with Gasteiger partial charge in [-0.05, 0) is 24.3 Å². The Kier molecular flexibility index (Phi) is 4.09. The lowest BCUT2D eigenvalue weighted by atomic mass is 10.2. The van der Waals surface area contributed by atoms with E-state index in [4.69, 9.17) is 10.8 Å². The van der Waals surface area contributed by atoms with Crippen LogP contribution in [0.5, 0.6) is 0 Å². The number of aliphatic hydroxyl groups excluding tert-OH is 1. The minimum Gasteiger partial charge on any atom is -0.399 e. The fourth-order valence-electron chi connectivity index (χ4n) is 2.64. The summed E-state index contributed by atoms with van der Waals surface area (Å²) in [4.78, 5) is 2.42. The van der Waals surface area contributed by atoms with E-state index in [1.54, 1.807) is 0 Å². The lowest BCUT2D eigenvalue weighted by molar-refractivity contribution is -0.907. The molecule has 0 spiro atoms. The van der Waals surface area contributed by atoms with Crippen LogP contribution >= 0.6 is 0 Å². The molecule has 1 fully saturated rings. The van der Waals surface area contributed by atoms with Gasteiger partial charge in [-0.2, -0.15) is 0 Å². The van der Waals surface area contributed by atoms with E-state index in [-0.39, 0.29) is 6.61 Å². The molecule has 1 aromatic rings. The molecule has 4 heteroatoms. The van der Waals surface area contributed by atoms with Gasteiger partial charge in [0.05, 0.1) is 33.3 Å². The monoisotopic (exact) mass is 250 g/mol. The van der Waals surface area contributed by atoms with Crippen molar-refractivity contribution in [1.29, 1.82) is 0 Å². The molecule has 1 aliphatic heterocycles. The van der Waals surface area contributed by atoms with Crippen LogP contribution in [-0.2, 0) is 0 Å². The first-order chi connectivity index (χ1) is 8.63. The second kappa shape index (κ2) is 5.59. The van der Waals surface area contributed by atoms with Crippen molar-refractivity contribution in [2.75, 3.05) is 57.0 Å². The van der Waals surface area contributed by atoms with Gasteiger partial charge in [-0.25, -0.2) is 0 Å². The van der Waals surface area contributed by atoms with E-state index in [0.717, 1.165) is 42.9 Å². The summed E-state index contributed by atoms with van der Waals surface area (Å²) in [6, 6.07) is 8.11. The normalized spacial score (nSPS) is 24.9. The van der Waals surface area contributed by atoms with Crippen molar-refractivity contribution in [3.63, 3.8) is 0 Å². The highest BCUT2D eigenvalue weighted by Crippen LogP contribution is 2.19. The fourth-order valence-corrected chi connectivity index (χ4v) is 2.64. The lowest BCUT2D eigenvalue weighted by Crippen LogP contribution is -2.48. The molecule has 0 amide bonds. The summed E-state index contributed by atoms with van der Waals surface area (Å²) >= 11 is 0. The van der Waals surface area contributed by atoms with E-state index < -0.39 is 0 Å². The first-order valence-electron chi connectivity index (χ1n) is 6.68. The number of nitrogen functional groups attached to an aromatic ring is 1. The van der Waals surface area contributed by atoms with E-state index in [1.165, 1.54) is 12.1 Å².